The lowest BCUT2D eigenvalue weighted by atomic mass is 10.1. The maximum atomic E-state index is 12.2. The number of carbonyl (C=O) groups excluding carboxylic acids is 2. The second kappa shape index (κ2) is 16.2. The predicted molar refractivity (Wildman–Crippen MR) is 192 cm³/mol. The van der Waals surface area contributed by atoms with Crippen LogP contribution in [0.25, 0.3) is 22.3 Å². The van der Waals surface area contributed by atoms with E-state index in [1.807, 2.05) is 6.92 Å². The van der Waals surface area contributed by atoms with Crippen molar-refractivity contribution in [2.75, 3.05) is 39.1 Å². The van der Waals surface area contributed by atoms with Crippen LogP contribution in [0.3, 0.4) is 0 Å². The van der Waals surface area contributed by atoms with E-state index in [0.29, 0.717) is 56.9 Å². The number of ether oxygens (including phenoxy) is 6. The van der Waals surface area contributed by atoms with Gasteiger partial charge in [0.2, 0.25) is 0 Å². The van der Waals surface area contributed by atoms with E-state index in [2.05, 4.69) is 10.6 Å². The summed E-state index contributed by atoms with van der Waals surface area (Å²) in [5.41, 5.74) is 3.00. The van der Waals surface area contributed by atoms with Crippen molar-refractivity contribution in [3.8, 4) is 46.0 Å². The molecule has 3 aromatic carbocycles. The Morgan fingerprint density at radius 2 is 1.17 bits per heavy atom. The van der Waals surface area contributed by atoms with Gasteiger partial charge in [-0.15, -0.1) is 0 Å². The van der Waals surface area contributed by atoms with Crippen molar-refractivity contribution in [3.63, 3.8) is 0 Å². The molecule has 0 spiro atoms. The van der Waals surface area contributed by atoms with Gasteiger partial charge in [-0.25, -0.2) is 14.4 Å². The van der Waals surface area contributed by atoms with Crippen LogP contribution >= 0.6 is 0 Å². The molecule has 268 valence electrons. The number of carbonyl (C=O) groups is 2. The van der Waals surface area contributed by atoms with Crippen molar-refractivity contribution in [2.24, 2.45) is 0 Å². The van der Waals surface area contributed by atoms with Crippen LogP contribution in [-0.2, 0) is 0 Å². The van der Waals surface area contributed by atoms with Crippen LogP contribution in [0.5, 0.6) is 34.7 Å². The average Bonchev–Trinajstić information content (AvgIpc) is 3.12. The third-order valence-electron chi connectivity index (χ3n) is 7.54. The monoisotopic (exact) mass is 710 g/mol. The van der Waals surface area contributed by atoms with Gasteiger partial charge in [0.15, 0.2) is 5.43 Å². The van der Waals surface area contributed by atoms with Gasteiger partial charge in [0.25, 0.3) is 5.95 Å². The minimum atomic E-state index is -0.755. The van der Waals surface area contributed by atoms with Gasteiger partial charge in [-0.3, -0.25) is 15.4 Å². The first kappa shape index (κ1) is 36.3. The van der Waals surface area contributed by atoms with Gasteiger partial charge in [0.05, 0.1) is 39.8 Å². The summed E-state index contributed by atoms with van der Waals surface area (Å²) in [5, 5.41) is 5.89. The maximum Gasteiger partial charge on any atom is 0.419 e. The number of aryl methyl sites for hydroxylation is 2. The molecule has 0 saturated heterocycles. The van der Waals surface area contributed by atoms with E-state index >= 15 is 0 Å². The predicted octanol–water partition coefficient (Wildman–Crippen LogP) is 7.41. The fourth-order valence-electron chi connectivity index (χ4n) is 4.99. The van der Waals surface area contributed by atoms with E-state index in [4.69, 9.17) is 37.3 Å². The number of amides is 2. The summed E-state index contributed by atoms with van der Waals surface area (Å²) in [6.07, 6.45) is -1.43. The molecule has 1 aliphatic heterocycles. The molecule has 0 saturated carbocycles. The lowest BCUT2D eigenvalue weighted by Crippen LogP contribution is -2.17. The minimum absolute atomic E-state index is 0.0226. The molecule has 2 N–H and O–H groups in total. The first-order valence-corrected chi connectivity index (χ1v) is 15.5. The lowest BCUT2D eigenvalue weighted by molar-refractivity contribution is 0.201. The van der Waals surface area contributed by atoms with Crippen molar-refractivity contribution < 1.29 is 46.8 Å². The molecule has 1 aliphatic carbocycles. The number of hydrogen-bond acceptors (Lipinski definition) is 12. The van der Waals surface area contributed by atoms with Gasteiger partial charge in [0.1, 0.15) is 40.1 Å². The van der Waals surface area contributed by atoms with Gasteiger partial charge in [-0.2, -0.15) is 0 Å². The molecule has 2 heterocycles. The van der Waals surface area contributed by atoms with Crippen LogP contribution in [0.4, 0.5) is 21.0 Å². The number of methoxy groups -OCH3 is 4. The standard InChI is InChI=1S/2C19H17NO6/c1-11-8-18(21)26-16-7-5-13(9-14(11)16)25-19(22)20-15-6-4-12(23-2)10-17(15)24-3;1-11-8-18(25-16-9-12(21)4-6-14(11)16)26-19(22)20-15-7-5-13(23-2)10-17(15)24-3/h2*4-10H,1-3H3,(H,20,22). The molecular formula is C38H34N2O12. The summed E-state index contributed by atoms with van der Waals surface area (Å²) in [5.74, 6) is 2.70. The Morgan fingerprint density at radius 3 is 1.77 bits per heavy atom. The van der Waals surface area contributed by atoms with Crippen molar-refractivity contribution in [1.29, 1.82) is 0 Å². The summed E-state index contributed by atoms with van der Waals surface area (Å²) in [6, 6.07) is 22.1. The Bertz CT molecular complexity index is 2330. The number of benzene rings is 4. The van der Waals surface area contributed by atoms with Gasteiger partial charge in [-0.1, -0.05) is 0 Å². The highest BCUT2D eigenvalue weighted by atomic mass is 16.6. The summed E-state index contributed by atoms with van der Waals surface area (Å²) in [7, 11) is 6.05. The number of rotatable bonds is 8. The van der Waals surface area contributed by atoms with Gasteiger partial charge in [-0.05, 0) is 79.6 Å². The van der Waals surface area contributed by atoms with Crippen LogP contribution in [-0.4, -0.2) is 40.6 Å². The molecule has 2 amide bonds. The lowest BCUT2D eigenvalue weighted by Gasteiger charge is -2.13. The van der Waals surface area contributed by atoms with Gasteiger partial charge in [0, 0.05) is 41.3 Å². The second-order valence-electron chi connectivity index (χ2n) is 11.0. The topological polar surface area (TPSA) is 174 Å². The third-order valence-corrected chi connectivity index (χ3v) is 7.54. The van der Waals surface area contributed by atoms with Crippen molar-refractivity contribution in [2.45, 2.75) is 13.8 Å². The molecule has 14 heteroatoms. The van der Waals surface area contributed by atoms with Crippen molar-refractivity contribution in [1.82, 2.24) is 0 Å². The van der Waals surface area contributed by atoms with E-state index in [0.717, 1.165) is 16.7 Å². The average molecular weight is 711 g/mol. The third kappa shape index (κ3) is 8.79. The highest BCUT2D eigenvalue weighted by Gasteiger charge is 2.16. The zero-order valence-corrected chi connectivity index (χ0v) is 29.0. The summed E-state index contributed by atoms with van der Waals surface area (Å²) in [4.78, 5) is 47.2. The summed E-state index contributed by atoms with van der Waals surface area (Å²) >= 11 is 0. The number of nitrogens with one attached hydrogen (secondary N) is 2. The highest BCUT2D eigenvalue weighted by Crippen LogP contribution is 2.32. The Hall–Kier alpha value is -6.96. The molecule has 14 nitrogen and oxygen atoms in total. The smallest absolute Gasteiger partial charge is 0.419 e. The normalized spacial score (nSPS) is 10.4. The molecule has 6 rings (SSSR count). The number of anilines is 2. The molecule has 4 aromatic rings. The zero-order chi connectivity index (χ0) is 37.4. The van der Waals surface area contributed by atoms with E-state index in [-0.39, 0.29) is 11.4 Å². The first-order valence-electron chi connectivity index (χ1n) is 15.5. The minimum Gasteiger partial charge on any atom is -0.497 e. The Kier molecular flexibility index (Phi) is 11.3. The molecule has 52 heavy (non-hydrogen) atoms. The van der Waals surface area contributed by atoms with Crippen LogP contribution < -0.4 is 50.1 Å². The quantitative estimate of drug-likeness (QED) is 0.150. The Balaban J connectivity index is 0.000000201. The summed E-state index contributed by atoms with van der Waals surface area (Å²) in [6.45, 7) is 3.62. The van der Waals surface area contributed by atoms with Crippen LogP contribution in [0, 0.1) is 13.8 Å². The largest absolute Gasteiger partial charge is 0.497 e. The van der Waals surface area contributed by atoms with Gasteiger partial charge >= 0.3 is 17.8 Å². The molecule has 1 aromatic heterocycles. The van der Waals surface area contributed by atoms with E-state index < -0.39 is 17.8 Å². The Morgan fingerprint density at radius 1 is 0.577 bits per heavy atom. The molecule has 0 unspecified atom stereocenters. The number of hydrogen-bond donors (Lipinski definition) is 2. The number of fused-ring (bicyclic) bond motifs is 2. The summed E-state index contributed by atoms with van der Waals surface area (Å²) < 4.78 is 41.8. The Labute approximate surface area is 296 Å². The first-order chi connectivity index (χ1) is 25.0. The molecule has 0 fully saturated rings. The van der Waals surface area contributed by atoms with Crippen molar-refractivity contribution >= 4 is 34.5 Å². The molecule has 2 aliphatic rings. The second-order valence-corrected chi connectivity index (χ2v) is 11.0. The van der Waals surface area contributed by atoms with E-state index in [9.17, 15) is 19.2 Å². The van der Waals surface area contributed by atoms with Crippen LogP contribution in [0.2, 0.25) is 0 Å². The molecule has 0 atom stereocenters. The molecule has 0 radical (unpaired) electrons. The SMILES string of the molecule is COc1ccc(NC(=O)Oc2cc(C)c3ccc(=O)cc-3o2)c(OC)c1.COc1ccc(NC(=O)Oc2ccc3oc(=O)cc(C)c3c2)c(OC)c1. The van der Waals surface area contributed by atoms with Gasteiger partial charge < -0.3 is 37.3 Å². The maximum absolute atomic E-state index is 12.2. The fourth-order valence-corrected chi connectivity index (χ4v) is 4.99. The zero-order valence-electron chi connectivity index (χ0n) is 29.0. The molecule has 0 bridgehead atoms. The van der Waals surface area contributed by atoms with Crippen molar-refractivity contribution in [3.05, 3.63) is 117 Å². The van der Waals surface area contributed by atoms with Crippen LogP contribution in [0.1, 0.15) is 11.1 Å². The highest BCUT2D eigenvalue weighted by molar-refractivity contribution is 5.90. The van der Waals surface area contributed by atoms with E-state index in [1.54, 1.807) is 80.8 Å². The van der Waals surface area contributed by atoms with Crippen LogP contribution in [0.15, 0.2) is 103 Å². The molecular weight excluding hydrogens is 676 g/mol. The van der Waals surface area contributed by atoms with E-state index in [1.165, 1.54) is 39.5 Å². The fraction of sp³-hybridized carbons (Fsp3) is 0.158.